The number of rotatable bonds is 6. The van der Waals surface area contributed by atoms with Gasteiger partial charge in [0.2, 0.25) is 0 Å². The first-order valence-corrected chi connectivity index (χ1v) is 6.81. The maximum absolute atomic E-state index is 10.9. The summed E-state index contributed by atoms with van der Waals surface area (Å²) in [6.07, 6.45) is 2.37. The van der Waals surface area contributed by atoms with E-state index in [9.17, 15) is 4.79 Å². The normalized spacial score (nSPS) is 11.0. The van der Waals surface area contributed by atoms with E-state index < -0.39 is 0 Å². The third-order valence-electron chi connectivity index (χ3n) is 3.11. The van der Waals surface area contributed by atoms with Gasteiger partial charge in [0, 0.05) is 0 Å². The van der Waals surface area contributed by atoms with Crippen LogP contribution in [0.4, 0.5) is 0 Å². The van der Waals surface area contributed by atoms with E-state index in [1.165, 1.54) is 0 Å². The van der Waals surface area contributed by atoms with Crippen LogP contribution in [0.2, 0.25) is 0 Å². The quantitative estimate of drug-likeness (QED) is 0.598. The van der Waals surface area contributed by atoms with Crippen molar-refractivity contribution >= 4 is 11.9 Å². The fourth-order valence-electron chi connectivity index (χ4n) is 2.10. The van der Waals surface area contributed by atoms with E-state index in [-0.39, 0.29) is 0 Å². The van der Waals surface area contributed by atoms with Gasteiger partial charge in [-0.3, -0.25) is 4.79 Å². The molecule has 0 spiro atoms. The molecule has 0 unspecified atom stereocenters. The van der Waals surface area contributed by atoms with Crippen LogP contribution in [0.1, 0.15) is 18.1 Å². The summed E-state index contributed by atoms with van der Waals surface area (Å²) in [5.74, 6) is 1.61. The molecule has 0 amide bonds. The predicted molar refractivity (Wildman–Crippen MR) is 83.7 cm³/mol. The van der Waals surface area contributed by atoms with Crippen molar-refractivity contribution in [2.24, 2.45) is 0 Å². The van der Waals surface area contributed by atoms with E-state index in [0.29, 0.717) is 6.61 Å². The third kappa shape index (κ3) is 3.72. The number of carbonyl (C=O) groups is 1. The Labute approximate surface area is 124 Å². The predicted octanol–water partition coefficient (Wildman–Crippen LogP) is 3.72. The monoisotopic (exact) mass is 282 g/mol. The lowest BCUT2D eigenvalue weighted by Crippen LogP contribution is -1.93. The Morgan fingerprint density at radius 1 is 0.952 bits per heavy atom. The van der Waals surface area contributed by atoms with Crippen molar-refractivity contribution in [3.8, 4) is 11.5 Å². The third-order valence-corrected chi connectivity index (χ3v) is 3.11. The fourth-order valence-corrected chi connectivity index (χ4v) is 2.10. The van der Waals surface area contributed by atoms with Crippen LogP contribution in [0.25, 0.3) is 5.57 Å². The lowest BCUT2D eigenvalue weighted by atomic mass is 9.97. The number of hydrogen-bond donors (Lipinski definition) is 0. The van der Waals surface area contributed by atoms with Crippen LogP contribution in [-0.4, -0.2) is 20.0 Å². The van der Waals surface area contributed by atoms with Gasteiger partial charge in [-0.05, 0) is 54.0 Å². The van der Waals surface area contributed by atoms with Gasteiger partial charge in [0.15, 0.2) is 0 Å². The number of benzene rings is 2. The highest BCUT2D eigenvalue weighted by Gasteiger charge is 2.06. The maximum atomic E-state index is 10.9. The van der Waals surface area contributed by atoms with Gasteiger partial charge in [0.1, 0.15) is 17.8 Å². The number of allylic oxidation sites excluding steroid dienone is 1. The van der Waals surface area contributed by atoms with Gasteiger partial charge in [0.05, 0.1) is 13.7 Å². The van der Waals surface area contributed by atoms with Crippen molar-refractivity contribution in [1.29, 1.82) is 0 Å². The van der Waals surface area contributed by atoms with Crippen LogP contribution in [0.5, 0.6) is 11.5 Å². The van der Waals surface area contributed by atoms with Crippen LogP contribution in [0, 0.1) is 0 Å². The molecule has 0 saturated carbocycles. The summed E-state index contributed by atoms with van der Waals surface area (Å²) in [4.78, 5) is 10.9. The molecule has 21 heavy (non-hydrogen) atoms. The fraction of sp³-hybridized carbons (Fsp3) is 0.167. The maximum Gasteiger partial charge on any atom is 0.143 e. The Balaban J connectivity index is 2.33. The van der Waals surface area contributed by atoms with Gasteiger partial charge >= 0.3 is 0 Å². The zero-order valence-electron chi connectivity index (χ0n) is 12.2. The summed E-state index contributed by atoms with van der Waals surface area (Å²) < 4.78 is 10.6. The van der Waals surface area contributed by atoms with Crippen LogP contribution in [0.3, 0.4) is 0 Å². The number of ether oxygens (including phenoxy) is 2. The molecule has 0 aliphatic rings. The molecule has 2 aromatic carbocycles. The van der Waals surface area contributed by atoms with E-state index in [2.05, 4.69) is 0 Å². The number of carbonyl (C=O) groups excluding carboxylic acids is 1. The molecule has 2 aromatic rings. The summed E-state index contributed by atoms with van der Waals surface area (Å²) in [6.45, 7) is 2.58. The van der Waals surface area contributed by atoms with E-state index in [1.807, 2.05) is 55.5 Å². The summed E-state index contributed by atoms with van der Waals surface area (Å²) in [5, 5.41) is 0. The van der Waals surface area contributed by atoms with E-state index in [4.69, 9.17) is 9.47 Å². The van der Waals surface area contributed by atoms with Crippen molar-refractivity contribution in [1.82, 2.24) is 0 Å². The molecule has 0 heterocycles. The summed E-state index contributed by atoms with van der Waals surface area (Å²) in [6, 6.07) is 15.3. The average molecular weight is 282 g/mol. The van der Waals surface area contributed by atoms with Crippen molar-refractivity contribution < 1.29 is 14.3 Å². The second-order valence-electron chi connectivity index (χ2n) is 4.40. The molecule has 2 rings (SSSR count). The first kappa shape index (κ1) is 14.9. The molecule has 0 aliphatic carbocycles. The van der Waals surface area contributed by atoms with E-state index >= 15 is 0 Å². The van der Waals surface area contributed by atoms with Gasteiger partial charge in [-0.1, -0.05) is 24.3 Å². The van der Waals surface area contributed by atoms with Crippen molar-refractivity contribution in [3.63, 3.8) is 0 Å². The van der Waals surface area contributed by atoms with Crippen molar-refractivity contribution in [2.45, 2.75) is 6.92 Å². The molecular weight excluding hydrogens is 264 g/mol. The molecule has 0 aromatic heterocycles. The first-order chi connectivity index (χ1) is 10.3. The Morgan fingerprint density at radius 2 is 1.48 bits per heavy atom. The van der Waals surface area contributed by atoms with Crippen LogP contribution in [-0.2, 0) is 4.79 Å². The van der Waals surface area contributed by atoms with Crippen molar-refractivity contribution in [3.05, 3.63) is 65.7 Å². The Bertz CT molecular complexity index is 610. The van der Waals surface area contributed by atoms with E-state index in [1.54, 1.807) is 13.2 Å². The number of methoxy groups -OCH3 is 1. The Kier molecular flexibility index (Phi) is 5.16. The number of aldehydes is 1. The highest BCUT2D eigenvalue weighted by atomic mass is 16.5. The van der Waals surface area contributed by atoms with Gasteiger partial charge < -0.3 is 9.47 Å². The topological polar surface area (TPSA) is 35.5 Å². The molecule has 0 aliphatic heterocycles. The molecule has 0 atom stereocenters. The lowest BCUT2D eigenvalue weighted by molar-refractivity contribution is -0.104. The molecule has 0 radical (unpaired) electrons. The van der Waals surface area contributed by atoms with Gasteiger partial charge in [-0.2, -0.15) is 0 Å². The summed E-state index contributed by atoms with van der Waals surface area (Å²) >= 11 is 0. The minimum atomic E-state index is 0.634. The first-order valence-electron chi connectivity index (χ1n) is 6.81. The highest BCUT2D eigenvalue weighted by molar-refractivity contribution is 5.89. The second kappa shape index (κ2) is 7.29. The summed E-state index contributed by atoms with van der Waals surface area (Å²) in [5.41, 5.74) is 2.80. The van der Waals surface area contributed by atoms with Gasteiger partial charge in [-0.15, -0.1) is 0 Å². The minimum Gasteiger partial charge on any atom is -0.497 e. The second-order valence-corrected chi connectivity index (χ2v) is 4.40. The van der Waals surface area contributed by atoms with Crippen LogP contribution >= 0.6 is 0 Å². The van der Waals surface area contributed by atoms with Gasteiger partial charge in [0.25, 0.3) is 0 Å². The average Bonchev–Trinajstić information content (AvgIpc) is 2.54. The Hall–Kier alpha value is -2.55. The zero-order valence-corrected chi connectivity index (χ0v) is 12.2. The molecule has 0 fully saturated rings. The zero-order chi connectivity index (χ0) is 15.1. The number of hydrogen-bond acceptors (Lipinski definition) is 3. The standard InChI is InChI=1S/C18H18O3/c1-3-21-17-10-6-15(7-11-17)18(12-13-19)14-4-8-16(20-2)9-5-14/h4-13H,3H2,1-2H3. The molecule has 0 bridgehead atoms. The van der Waals surface area contributed by atoms with Crippen LogP contribution < -0.4 is 9.47 Å². The molecule has 0 N–H and O–H groups in total. The molecular formula is C18H18O3. The highest BCUT2D eigenvalue weighted by Crippen LogP contribution is 2.26. The smallest absolute Gasteiger partial charge is 0.143 e. The van der Waals surface area contributed by atoms with Crippen molar-refractivity contribution in [2.75, 3.05) is 13.7 Å². The lowest BCUT2D eigenvalue weighted by Gasteiger charge is -2.10. The molecule has 3 nitrogen and oxygen atoms in total. The molecule has 0 saturated heterocycles. The van der Waals surface area contributed by atoms with E-state index in [0.717, 1.165) is 34.5 Å². The largest absolute Gasteiger partial charge is 0.497 e. The van der Waals surface area contributed by atoms with Gasteiger partial charge in [-0.25, -0.2) is 0 Å². The van der Waals surface area contributed by atoms with Crippen LogP contribution in [0.15, 0.2) is 54.6 Å². The molecule has 108 valence electrons. The minimum absolute atomic E-state index is 0.634. The SMILES string of the molecule is CCOc1ccc(C(=CC=O)c2ccc(OC)cc2)cc1. The summed E-state index contributed by atoms with van der Waals surface area (Å²) in [7, 11) is 1.63. The molecule has 3 heteroatoms. The Morgan fingerprint density at radius 3 is 1.90 bits per heavy atom.